The predicted molar refractivity (Wildman–Crippen MR) is 90.5 cm³/mol. The maximum Gasteiger partial charge on any atom is 0.254 e. The Hall–Kier alpha value is -2.07. The molecule has 4 nitrogen and oxygen atoms in total. The molecule has 4 heteroatoms. The lowest BCUT2D eigenvalue weighted by atomic mass is 9.99. The average molecular weight is 312 g/mol. The average Bonchev–Trinajstić information content (AvgIpc) is 2.90. The number of nitrogens with one attached hydrogen (secondary N) is 1. The van der Waals surface area contributed by atoms with Crippen LogP contribution in [0.4, 0.5) is 0 Å². The second-order valence-corrected chi connectivity index (χ2v) is 6.38. The Labute approximate surface area is 137 Å². The van der Waals surface area contributed by atoms with Crippen LogP contribution in [0.1, 0.15) is 39.9 Å². The van der Waals surface area contributed by atoms with Crippen LogP contribution in [0.2, 0.25) is 0 Å². The molecule has 23 heavy (non-hydrogen) atoms. The maximum absolute atomic E-state index is 12.3. The summed E-state index contributed by atoms with van der Waals surface area (Å²) in [6.07, 6.45) is 1.08. The molecule has 0 radical (unpaired) electrons. The summed E-state index contributed by atoms with van der Waals surface area (Å²) in [5, 5.41) is 3.03. The lowest BCUT2D eigenvalue weighted by Gasteiger charge is -2.33. The van der Waals surface area contributed by atoms with Crippen LogP contribution in [-0.2, 0) is 13.0 Å². The van der Waals surface area contributed by atoms with Crippen molar-refractivity contribution in [3.8, 4) is 0 Å². The number of amides is 1. The number of aryl methyl sites for hydroxylation is 2. The second-order valence-electron chi connectivity index (χ2n) is 6.38. The van der Waals surface area contributed by atoms with E-state index < -0.39 is 0 Å². The van der Waals surface area contributed by atoms with Gasteiger partial charge in [0, 0.05) is 25.7 Å². The van der Waals surface area contributed by atoms with Crippen LogP contribution in [0.15, 0.2) is 34.7 Å². The quantitative estimate of drug-likeness (QED) is 0.943. The molecule has 2 heterocycles. The lowest BCUT2D eigenvalue weighted by molar-refractivity contribution is 0.0931. The molecule has 0 saturated heterocycles. The molecule has 0 aliphatic carbocycles. The van der Waals surface area contributed by atoms with Crippen LogP contribution in [0, 0.1) is 13.8 Å². The van der Waals surface area contributed by atoms with Gasteiger partial charge in [-0.05, 0) is 44.4 Å². The zero-order valence-corrected chi connectivity index (χ0v) is 14.1. The first-order valence-corrected chi connectivity index (χ1v) is 8.20. The smallest absolute Gasteiger partial charge is 0.254 e. The van der Waals surface area contributed by atoms with Gasteiger partial charge in [-0.1, -0.05) is 24.3 Å². The summed E-state index contributed by atoms with van der Waals surface area (Å²) < 4.78 is 5.43. The van der Waals surface area contributed by atoms with Crippen molar-refractivity contribution < 1.29 is 9.21 Å². The highest BCUT2D eigenvalue weighted by molar-refractivity contribution is 5.95. The van der Waals surface area contributed by atoms with Crippen molar-refractivity contribution in [1.29, 1.82) is 0 Å². The SMILES string of the molecule is Cc1cc(C(=O)NCC(C)N2CCc3ccccc3C2)c(C)o1. The lowest BCUT2D eigenvalue weighted by Crippen LogP contribution is -2.44. The third-order valence-electron chi connectivity index (χ3n) is 4.63. The number of benzene rings is 1. The van der Waals surface area contributed by atoms with E-state index >= 15 is 0 Å². The normalized spacial score (nSPS) is 16.0. The van der Waals surface area contributed by atoms with E-state index in [1.54, 1.807) is 6.07 Å². The number of nitrogens with zero attached hydrogens (tertiary/aromatic N) is 1. The van der Waals surface area contributed by atoms with Crippen molar-refractivity contribution >= 4 is 5.91 Å². The second kappa shape index (κ2) is 6.59. The van der Waals surface area contributed by atoms with E-state index in [4.69, 9.17) is 4.42 Å². The molecular weight excluding hydrogens is 288 g/mol. The Morgan fingerprint density at radius 1 is 1.30 bits per heavy atom. The molecule has 122 valence electrons. The van der Waals surface area contributed by atoms with Crippen molar-refractivity contribution in [3.63, 3.8) is 0 Å². The van der Waals surface area contributed by atoms with E-state index in [0.29, 0.717) is 23.9 Å². The summed E-state index contributed by atoms with van der Waals surface area (Å²) in [4.78, 5) is 14.7. The van der Waals surface area contributed by atoms with Gasteiger partial charge in [0.25, 0.3) is 5.91 Å². The molecule has 0 saturated carbocycles. The van der Waals surface area contributed by atoms with Gasteiger partial charge in [0.15, 0.2) is 0 Å². The zero-order chi connectivity index (χ0) is 16.4. The molecule has 1 N–H and O–H groups in total. The molecule has 1 aliphatic rings. The number of hydrogen-bond acceptors (Lipinski definition) is 3. The van der Waals surface area contributed by atoms with Crippen LogP contribution in [0.5, 0.6) is 0 Å². The Morgan fingerprint density at radius 3 is 2.74 bits per heavy atom. The van der Waals surface area contributed by atoms with E-state index in [1.807, 2.05) is 13.8 Å². The van der Waals surface area contributed by atoms with Crippen LogP contribution >= 0.6 is 0 Å². The van der Waals surface area contributed by atoms with Crippen LogP contribution in [-0.4, -0.2) is 29.9 Å². The largest absolute Gasteiger partial charge is 0.466 e. The zero-order valence-electron chi connectivity index (χ0n) is 14.1. The summed E-state index contributed by atoms with van der Waals surface area (Å²) in [6.45, 7) is 8.49. The molecule has 3 rings (SSSR count). The molecular formula is C19H24N2O2. The minimum Gasteiger partial charge on any atom is -0.466 e. The number of rotatable bonds is 4. The van der Waals surface area contributed by atoms with Gasteiger partial charge >= 0.3 is 0 Å². The monoisotopic (exact) mass is 312 g/mol. The standard InChI is InChI=1S/C19H24N2O2/c1-13(11-20-19(22)18-10-14(2)23-15(18)3)21-9-8-16-6-4-5-7-17(16)12-21/h4-7,10,13H,8-9,11-12H2,1-3H3,(H,20,22). The number of carbonyl (C=O) groups is 1. The Balaban J connectivity index is 1.57. The van der Waals surface area contributed by atoms with E-state index in [9.17, 15) is 4.79 Å². The van der Waals surface area contributed by atoms with Gasteiger partial charge < -0.3 is 9.73 Å². The molecule has 2 aromatic rings. The highest BCUT2D eigenvalue weighted by Crippen LogP contribution is 2.20. The van der Waals surface area contributed by atoms with E-state index in [0.717, 1.165) is 25.3 Å². The Bertz CT molecular complexity index is 705. The topological polar surface area (TPSA) is 45.5 Å². The first-order chi connectivity index (χ1) is 11.0. The highest BCUT2D eigenvalue weighted by Gasteiger charge is 2.21. The Morgan fingerprint density at radius 2 is 2.04 bits per heavy atom. The number of furan rings is 1. The number of fused-ring (bicyclic) bond motifs is 1. The minimum atomic E-state index is -0.0522. The van der Waals surface area contributed by atoms with Gasteiger partial charge in [-0.15, -0.1) is 0 Å². The molecule has 1 aliphatic heterocycles. The van der Waals surface area contributed by atoms with E-state index in [-0.39, 0.29) is 5.91 Å². The van der Waals surface area contributed by atoms with Crippen LogP contribution in [0.25, 0.3) is 0 Å². The molecule has 1 aromatic carbocycles. The minimum absolute atomic E-state index is 0.0522. The number of carbonyl (C=O) groups excluding carboxylic acids is 1. The summed E-state index contributed by atoms with van der Waals surface area (Å²) in [5.74, 6) is 1.40. The fourth-order valence-corrected chi connectivity index (χ4v) is 3.21. The number of hydrogen-bond donors (Lipinski definition) is 1. The van der Waals surface area contributed by atoms with Gasteiger partial charge in [0.1, 0.15) is 11.5 Å². The van der Waals surface area contributed by atoms with Gasteiger partial charge in [0.05, 0.1) is 5.56 Å². The van der Waals surface area contributed by atoms with Crippen molar-refractivity contribution in [2.45, 2.75) is 39.8 Å². The van der Waals surface area contributed by atoms with Gasteiger partial charge in [0.2, 0.25) is 0 Å². The molecule has 1 atom stereocenters. The van der Waals surface area contributed by atoms with Gasteiger partial charge in [-0.25, -0.2) is 0 Å². The Kier molecular flexibility index (Phi) is 4.53. The summed E-state index contributed by atoms with van der Waals surface area (Å²) in [6, 6.07) is 10.7. The molecule has 0 fully saturated rings. The van der Waals surface area contributed by atoms with Crippen molar-refractivity contribution in [3.05, 3.63) is 58.5 Å². The maximum atomic E-state index is 12.3. The van der Waals surface area contributed by atoms with Crippen molar-refractivity contribution in [2.75, 3.05) is 13.1 Å². The third-order valence-corrected chi connectivity index (χ3v) is 4.63. The first kappa shape index (κ1) is 15.8. The van der Waals surface area contributed by atoms with Gasteiger partial charge in [-0.2, -0.15) is 0 Å². The summed E-state index contributed by atoms with van der Waals surface area (Å²) in [7, 11) is 0. The first-order valence-electron chi connectivity index (χ1n) is 8.20. The highest BCUT2D eigenvalue weighted by atomic mass is 16.3. The molecule has 0 bridgehead atoms. The fourth-order valence-electron chi connectivity index (χ4n) is 3.21. The summed E-state index contributed by atoms with van der Waals surface area (Å²) in [5.41, 5.74) is 3.49. The van der Waals surface area contributed by atoms with E-state index in [2.05, 4.69) is 41.4 Å². The third kappa shape index (κ3) is 3.48. The molecule has 0 spiro atoms. The van der Waals surface area contributed by atoms with Crippen LogP contribution in [0.3, 0.4) is 0 Å². The molecule has 1 aromatic heterocycles. The van der Waals surface area contributed by atoms with Crippen molar-refractivity contribution in [1.82, 2.24) is 10.2 Å². The van der Waals surface area contributed by atoms with E-state index in [1.165, 1.54) is 11.1 Å². The molecule has 1 unspecified atom stereocenters. The van der Waals surface area contributed by atoms with Crippen molar-refractivity contribution in [2.24, 2.45) is 0 Å². The fraction of sp³-hybridized carbons (Fsp3) is 0.421. The molecule has 1 amide bonds. The van der Waals surface area contributed by atoms with Gasteiger partial charge in [-0.3, -0.25) is 9.69 Å². The summed E-state index contributed by atoms with van der Waals surface area (Å²) >= 11 is 0. The van der Waals surface area contributed by atoms with Crippen LogP contribution < -0.4 is 5.32 Å². The predicted octanol–water partition coefficient (Wildman–Crippen LogP) is 3.07.